The summed E-state index contributed by atoms with van der Waals surface area (Å²) in [6, 6.07) is 7.00. The number of esters is 2. The lowest BCUT2D eigenvalue weighted by atomic mass is 10.1. The van der Waals surface area contributed by atoms with Gasteiger partial charge in [0.25, 0.3) is 0 Å². The molecule has 0 aliphatic heterocycles. The van der Waals surface area contributed by atoms with Crippen molar-refractivity contribution in [1.29, 1.82) is 0 Å². The smallest absolute Gasteiger partial charge is 0.352 e. The lowest BCUT2D eigenvalue weighted by Gasteiger charge is -2.16. The fraction of sp³-hybridized carbons (Fsp3) is 0.273. The summed E-state index contributed by atoms with van der Waals surface area (Å²) >= 11 is 3.29. The van der Waals surface area contributed by atoms with Crippen LogP contribution in [0.5, 0.6) is 0 Å². The first-order valence-electron chi connectivity index (χ1n) is 4.55. The monoisotopic (exact) mass is 286 g/mol. The van der Waals surface area contributed by atoms with E-state index >= 15 is 0 Å². The van der Waals surface area contributed by atoms with Crippen molar-refractivity contribution in [3.05, 3.63) is 34.3 Å². The predicted molar refractivity (Wildman–Crippen MR) is 60.7 cm³/mol. The molecule has 1 rings (SSSR count). The van der Waals surface area contributed by atoms with Gasteiger partial charge in [0.2, 0.25) is 6.10 Å². The van der Waals surface area contributed by atoms with Crippen LogP contribution in [0.25, 0.3) is 0 Å². The van der Waals surface area contributed by atoms with Crippen LogP contribution in [-0.2, 0) is 19.1 Å². The van der Waals surface area contributed by atoms with Crippen molar-refractivity contribution in [3.8, 4) is 0 Å². The fourth-order valence-electron chi connectivity index (χ4n) is 1.20. The molecule has 16 heavy (non-hydrogen) atoms. The first-order valence-corrected chi connectivity index (χ1v) is 5.35. The zero-order valence-electron chi connectivity index (χ0n) is 8.90. The van der Waals surface area contributed by atoms with E-state index in [-0.39, 0.29) is 0 Å². The average Bonchev–Trinajstić information content (AvgIpc) is 2.26. The average molecular weight is 287 g/mol. The molecule has 0 saturated heterocycles. The van der Waals surface area contributed by atoms with Crippen molar-refractivity contribution >= 4 is 27.9 Å². The van der Waals surface area contributed by atoms with E-state index < -0.39 is 18.0 Å². The van der Waals surface area contributed by atoms with E-state index in [1.165, 1.54) is 14.0 Å². The minimum absolute atomic E-state index is 0.536. The van der Waals surface area contributed by atoms with E-state index in [1.807, 2.05) is 0 Å². The zero-order chi connectivity index (χ0) is 12.1. The minimum Gasteiger partial charge on any atom is -0.466 e. The Hall–Kier alpha value is -1.36. The molecule has 0 fully saturated rings. The van der Waals surface area contributed by atoms with Gasteiger partial charge in [-0.05, 0) is 6.07 Å². The number of halogens is 1. The van der Waals surface area contributed by atoms with Crippen molar-refractivity contribution in [2.75, 3.05) is 7.11 Å². The molecule has 0 N–H and O–H groups in total. The van der Waals surface area contributed by atoms with Crippen LogP contribution in [-0.4, -0.2) is 19.0 Å². The molecule has 0 aromatic heterocycles. The molecule has 1 aromatic rings. The Morgan fingerprint density at radius 2 is 1.94 bits per heavy atom. The Labute approximate surface area is 102 Å². The molecule has 0 bridgehead atoms. The van der Waals surface area contributed by atoms with Crippen LogP contribution in [0.15, 0.2) is 28.7 Å². The highest BCUT2D eigenvalue weighted by Crippen LogP contribution is 2.26. The maximum absolute atomic E-state index is 11.5. The standard InChI is InChI=1S/C11H11BrO4/c1-7(13)16-10(11(14)15-2)8-5-3-4-6-9(8)12/h3-6,10H,1-2H3. The van der Waals surface area contributed by atoms with E-state index in [0.29, 0.717) is 10.0 Å². The highest BCUT2D eigenvalue weighted by atomic mass is 79.9. The summed E-state index contributed by atoms with van der Waals surface area (Å²) in [7, 11) is 1.25. The predicted octanol–water partition coefficient (Wildman–Crippen LogP) is 2.23. The number of rotatable bonds is 3. The van der Waals surface area contributed by atoms with Gasteiger partial charge in [-0.2, -0.15) is 0 Å². The van der Waals surface area contributed by atoms with Crippen LogP contribution >= 0.6 is 15.9 Å². The second-order valence-electron chi connectivity index (χ2n) is 3.03. The van der Waals surface area contributed by atoms with Gasteiger partial charge in [-0.3, -0.25) is 4.79 Å². The largest absolute Gasteiger partial charge is 0.466 e. The number of hydrogen-bond acceptors (Lipinski definition) is 4. The Kier molecular flexibility index (Phi) is 4.49. The van der Waals surface area contributed by atoms with E-state index in [4.69, 9.17) is 4.74 Å². The Morgan fingerprint density at radius 1 is 1.31 bits per heavy atom. The molecule has 1 aromatic carbocycles. The normalized spacial score (nSPS) is 11.7. The molecule has 1 unspecified atom stereocenters. The first-order chi connectivity index (χ1) is 7.56. The third-order valence-electron chi connectivity index (χ3n) is 1.89. The lowest BCUT2D eigenvalue weighted by molar-refractivity contribution is -0.165. The second-order valence-corrected chi connectivity index (χ2v) is 3.89. The number of benzene rings is 1. The van der Waals surface area contributed by atoms with Crippen LogP contribution in [0.2, 0.25) is 0 Å². The highest BCUT2D eigenvalue weighted by molar-refractivity contribution is 9.10. The molecule has 0 heterocycles. The van der Waals surface area contributed by atoms with Gasteiger partial charge in [-0.25, -0.2) is 4.79 Å². The van der Waals surface area contributed by atoms with Crippen molar-refractivity contribution in [1.82, 2.24) is 0 Å². The third-order valence-corrected chi connectivity index (χ3v) is 2.61. The summed E-state index contributed by atoms with van der Waals surface area (Å²) in [5, 5.41) is 0. The molecule has 1 atom stereocenters. The summed E-state index contributed by atoms with van der Waals surface area (Å²) in [4.78, 5) is 22.4. The maximum Gasteiger partial charge on any atom is 0.352 e. The molecule has 5 heteroatoms. The van der Waals surface area contributed by atoms with Crippen LogP contribution in [0.3, 0.4) is 0 Å². The minimum atomic E-state index is -1.03. The number of ether oxygens (including phenoxy) is 2. The topological polar surface area (TPSA) is 52.6 Å². The van der Waals surface area contributed by atoms with E-state index in [9.17, 15) is 9.59 Å². The third kappa shape index (κ3) is 3.06. The second kappa shape index (κ2) is 5.65. The van der Waals surface area contributed by atoms with Gasteiger partial charge in [0.15, 0.2) is 0 Å². The molecule has 0 saturated carbocycles. The molecular weight excluding hydrogens is 276 g/mol. The maximum atomic E-state index is 11.5. The van der Waals surface area contributed by atoms with Crippen molar-refractivity contribution in [3.63, 3.8) is 0 Å². The highest BCUT2D eigenvalue weighted by Gasteiger charge is 2.26. The fourth-order valence-corrected chi connectivity index (χ4v) is 1.69. The van der Waals surface area contributed by atoms with Gasteiger partial charge in [0, 0.05) is 17.0 Å². The summed E-state index contributed by atoms with van der Waals surface area (Å²) in [5.41, 5.74) is 0.560. The van der Waals surface area contributed by atoms with Crippen LogP contribution in [0.1, 0.15) is 18.6 Å². The van der Waals surface area contributed by atoms with Gasteiger partial charge in [-0.1, -0.05) is 34.1 Å². The number of carbonyl (C=O) groups excluding carboxylic acids is 2. The number of carbonyl (C=O) groups is 2. The van der Waals surface area contributed by atoms with Gasteiger partial charge >= 0.3 is 11.9 Å². The quantitative estimate of drug-likeness (QED) is 0.800. The molecule has 86 valence electrons. The Balaban J connectivity index is 3.06. The van der Waals surface area contributed by atoms with Crippen LogP contribution < -0.4 is 0 Å². The molecule has 0 aliphatic carbocycles. The molecule has 4 nitrogen and oxygen atoms in total. The SMILES string of the molecule is COC(=O)C(OC(C)=O)c1ccccc1Br. The summed E-state index contributed by atoms with van der Waals surface area (Å²) in [5.74, 6) is -1.15. The molecular formula is C11H11BrO4. The van der Waals surface area contributed by atoms with E-state index in [2.05, 4.69) is 20.7 Å². The van der Waals surface area contributed by atoms with E-state index in [1.54, 1.807) is 24.3 Å². The molecule has 0 aliphatic rings. The summed E-state index contributed by atoms with van der Waals surface area (Å²) in [6.45, 7) is 1.24. The summed E-state index contributed by atoms with van der Waals surface area (Å²) < 4.78 is 10.2. The first kappa shape index (κ1) is 12.7. The number of hydrogen-bond donors (Lipinski definition) is 0. The van der Waals surface area contributed by atoms with Gasteiger partial charge in [0.1, 0.15) is 0 Å². The van der Waals surface area contributed by atoms with Gasteiger partial charge in [-0.15, -0.1) is 0 Å². The lowest BCUT2D eigenvalue weighted by Crippen LogP contribution is -2.20. The number of methoxy groups -OCH3 is 1. The van der Waals surface area contributed by atoms with Crippen molar-refractivity contribution in [2.45, 2.75) is 13.0 Å². The van der Waals surface area contributed by atoms with Crippen LogP contribution in [0.4, 0.5) is 0 Å². The molecule has 0 spiro atoms. The Bertz CT molecular complexity index is 403. The van der Waals surface area contributed by atoms with Crippen LogP contribution in [0, 0.1) is 0 Å². The zero-order valence-corrected chi connectivity index (χ0v) is 10.5. The van der Waals surface area contributed by atoms with E-state index in [0.717, 1.165) is 0 Å². The van der Waals surface area contributed by atoms with Gasteiger partial charge < -0.3 is 9.47 Å². The van der Waals surface area contributed by atoms with Gasteiger partial charge in [0.05, 0.1) is 7.11 Å². The molecule has 0 radical (unpaired) electrons. The molecule has 0 amide bonds. The van der Waals surface area contributed by atoms with Crippen molar-refractivity contribution < 1.29 is 19.1 Å². The van der Waals surface area contributed by atoms with Crippen molar-refractivity contribution in [2.24, 2.45) is 0 Å². The Morgan fingerprint density at radius 3 is 2.44 bits per heavy atom. The summed E-state index contributed by atoms with van der Waals surface area (Å²) in [6.07, 6.45) is -1.03.